The van der Waals surface area contributed by atoms with Crippen LogP contribution >= 0.6 is 11.6 Å². The number of anilines is 1. The van der Waals surface area contributed by atoms with Crippen molar-refractivity contribution < 1.29 is 4.74 Å². The molecule has 0 unspecified atom stereocenters. The Labute approximate surface area is 119 Å². The van der Waals surface area contributed by atoms with E-state index in [2.05, 4.69) is 19.9 Å². The maximum absolute atomic E-state index is 5.95. The van der Waals surface area contributed by atoms with Gasteiger partial charge < -0.3 is 9.64 Å². The van der Waals surface area contributed by atoms with Crippen molar-refractivity contribution in [2.24, 2.45) is 0 Å². The van der Waals surface area contributed by atoms with Crippen molar-refractivity contribution in [2.75, 3.05) is 24.6 Å². The van der Waals surface area contributed by atoms with Crippen molar-refractivity contribution in [1.82, 2.24) is 15.0 Å². The molecule has 1 aromatic rings. The molecule has 1 aromatic heterocycles. The van der Waals surface area contributed by atoms with Crippen molar-refractivity contribution in [3.63, 3.8) is 0 Å². The number of ether oxygens (including phenoxy) is 1. The van der Waals surface area contributed by atoms with Crippen LogP contribution in [0.1, 0.15) is 45.4 Å². The average molecular weight is 285 g/mol. The predicted molar refractivity (Wildman–Crippen MR) is 75.9 cm³/mol. The van der Waals surface area contributed by atoms with Crippen LogP contribution in [0.5, 0.6) is 6.01 Å². The fourth-order valence-electron chi connectivity index (χ4n) is 2.17. The molecule has 0 aromatic carbocycles. The summed E-state index contributed by atoms with van der Waals surface area (Å²) in [6, 6.07) is 0.332. The van der Waals surface area contributed by atoms with Gasteiger partial charge in [0.25, 0.3) is 0 Å². The van der Waals surface area contributed by atoms with Gasteiger partial charge in [0.2, 0.25) is 11.2 Å². The van der Waals surface area contributed by atoms with Gasteiger partial charge in [-0.25, -0.2) is 0 Å². The molecule has 0 radical (unpaired) electrons. The molecular formula is C13H21ClN4O. The van der Waals surface area contributed by atoms with E-state index in [0.717, 1.165) is 19.5 Å². The summed E-state index contributed by atoms with van der Waals surface area (Å²) in [5.41, 5.74) is 0. The van der Waals surface area contributed by atoms with Gasteiger partial charge in [0.05, 0.1) is 6.61 Å². The molecule has 1 fully saturated rings. The van der Waals surface area contributed by atoms with E-state index in [1.165, 1.54) is 32.1 Å². The van der Waals surface area contributed by atoms with Gasteiger partial charge in [-0.05, 0) is 30.9 Å². The predicted octanol–water partition coefficient (Wildman–Crippen LogP) is 3.08. The second kappa shape index (κ2) is 7.48. The highest BCUT2D eigenvalue weighted by molar-refractivity contribution is 6.28. The van der Waals surface area contributed by atoms with Gasteiger partial charge in [-0.3, -0.25) is 0 Å². The Bertz CT molecular complexity index is 394. The molecule has 0 aliphatic carbocycles. The summed E-state index contributed by atoms with van der Waals surface area (Å²) >= 11 is 5.95. The average Bonchev–Trinajstić information content (AvgIpc) is 2.35. The van der Waals surface area contributed by atoms with E-state index in [4.69, 9.17) is 16.3 Å². The third-order valence-electron chi connectivity index (χ3n) is 3.15. The summed E-state index contributed by atoms with van der Waals surface area (Å²) in [6.45, 7) is 4.60. The van der Waals surface area contributed by atoms with E-state index in [0.29, 0.717) is 18.6 Å². The van der Waals surface area contributed by atoms with Crippen LogP contribution in [-0.4, -0.2) is 34.6 Å². The summed E-state index contributed by atoms with van der Waals surface area (Å²) in [7, 11) is 0. The van der Waals surface area contributed by atoms with Gasteiger partial charge in [-0.15, -0.1) is 0 Å². The van der Waals surface area contributed by atoms with Crippen molar-refractivity contribution in [3.8, 4) is 6.01 Å². The lowest BCUT2D eigenvalue weighted by atomic mass is 10.1. The van der Waals surface area contributed by atoms with Crippen molar-refractivity contribution in [2.45, 2.75) is 45.4 Å². The van der Waals surface area contributed by atoms with Crippen LogP contribution in [0.4, 0.5) is 5.95 Å². The lowest BCUT2D eigenvalue weighted by molar-refractivity contribution is 0.291. The summed E-state index contributed by atoms with van der Waals surface area (Å²) in [4.78, 5) is 14.8. The number of nitrogens with zero attached hydrogens (tertiary/aromatic N) is 4. The Balaban J connectivity index is 2.10. The summed E-state index contributed by atoms with van der Waals surface area (Å²) < 4.78 is 5.45. The zero-order chi connectivity index (χ0) is 13.5. The zero-order valence-electron chi connectivity index (χ0n) is 11.4. The van der Waals surface area contributed by atoms with Crippen LogP contribution in [0.25, 0.3) is 0 Å². The molecule has 6 heteroatoms. The van der Waals surface area contributed by atoms with E-state index >= 15 is 0 Å². The van der Waals surface area contributed by atoms with Crippen LogP contribution in [0, 0.1) is 0 Å². The van der Waals surface area contributed by atoms with Gasteiger partial charge in [0.15, 0.2) is 0 Å². The van der Waals surface area contributed by atoms with Gasteiger partial charge in [0.1, 0.15) is 0 Å². The minimum atomic E-state index is 0.207. The zero-order valence-corrected chi connectivity index (χ0v) is 12.2. The van der Waals surface area contributed by atoms with E-state index in [9.17, 15) is 0 Å². The summed E-state index contributed by atoms with van der Waals surface area (Å²) in [6.07, 6.45) is 7.14. The first-order valence-electron chi connectivity index (χ1n) is 7.09. The Kier molecular flexibility index (Phi) is 5.63. The summed E-state index contributed by atoms with van der Waals surface area (Å²) in [5.74, 6) is 0.646. The molecule has 0 spiro atoms. The fourth-order valence-corrected chi connectivity index (χ4v) is 2.32. The van der Waals surface area contributed by atoms with Crippen LogP contribution in [0.3, 0.4) is 0 Å². The molecule has 0 bridgehead atoms. The quantitative estimate of drug-likeness (QED) is 0.850. The van der Waals surface area contributed by atoms with Crippen molar-refractivity contribution in [3.05, 3.63) is 5.28 Å². The molecule has 19 heavy (non-hydrogen) atoms. The van der Waals surface area contributed by atoms with E-state index < -0.39 is 0 Å². The minimum Gasteiger partial charge on any atom is -0.463 e. The Morgan fingerprint density at radius 2 is 1.74 bits per heavy atom. The van der Waals surface area contributed by atoms with Gasteiger partial charge in [-0.2, -0.15) is 15.0 Å². The number of hydrogen-bond acceptors (Lipinski definition) is 5. The maximum Gasteiger partial charge on any atom is 0.322 e. The third kappa shape index (κ3) is 4.49. The van der Waals surface area contributed by atoms with E-state index in [1.54, 1.807) is 0 Å². The van der Waals surface area contributed by atoms with Crippen LogP contribution in [0.15, 0.2) is 0 Å². The molecule has 2 heterocycles. The normalized spacial score (nSPS) is 16.8. The third-order valence-corrected chi connectivity index (χ3v) is 3.32. The molecule has 0 N–H and O–H groups in total. The van der Waals surface area contributed by atoms with Crippen LogP contribution in [-0.2, 0) is 0 Å². The van der Waals surface area contributed by atoms with Crippen LogP contribution < -0.4 is 9.64 Å². The molecular weight excluding hydrogens is 264 g/mol. The van der Waals surface area contributed by atoms with E-state index in [1.807, 2.05) is 6.92 Å². The lowest BCUT2D eigenvalue weighted by Gasteiger charge is -2.24. The highest BCUT2D eigenvalue weighted by Gasteiger charge is 2.14. The largest absolute Gasteiger partial charge is 0.463 e. The molecule has 2 rings (SSSR count). The minimum absolute atomic E-state index is 0.207. The molecule has 5 nitrogen and oxygen atoms in total. The molecule has 1 aliphatic heterocycles. The Morgan fingerprint density at radius 1 is 1.05 bits per heavy atom. The van der Waals surface area contributed by atoms with Crippen molar-refractivity contribution in [1.29, 1.82) is 0 Å². The highest BCUT2D eigenvalue weighted by Crippen LogP contribution is 2.19. The monoisotopic (exact) mass is 284 g/mol. The first kappa shape index (κ1) is 14.3. The maximum atomic E-state index is 5.95. The molecule has 106 valence electrons. The number of hydrogen-bond donors (Lipinski definition) is 0. The number of rotatable bonds is 4. The number of aromatic nitrogens is 3. The SMILES string of the molecule is CCCOc1nc(Cl)nc(N2CCCCCCC2)n1. The Morgan fingerprint density at radius 3 is 2.42 bits per heavy atom. The molecule has 0 saturated carbocycles. The topological polar surface area (TPSA) is 51.1 Å². The van der Waals surface area contributed by atoms with Gasteiger partial charge in [-0.1, -0.05) is 26.2 Å². The molecule has 0 atom stereocenters. The second-order valence-electron chi connectivity index (χ2n) is 4.79. The summed E-state index contributed by atoms with van der Waals surface area (Å²) in [5, 5.41) is 0.207. The smallest absolute Gasteiger partial charge is 0.322 e. The van der Waals surface area contributed by atoms with E-state index in [-0.39, 0.29) is 5.28 Å². The van der Waals surface area contributed by atoms with Crippen molar-refractivity contribution >= 4 is 17.5 Å². The first-order chi connectivity index (χ1) is 9.29. The standard InChI is InChI=1S/C13H21ClN4O/c1-2-10-19-13-16-11(14)15-12(17-13)18-8-6-4-3-5-7-9-18/h2-10H2,1H3. The molecule has 0 amide bonds. The first-order valence-corrected chi connectivity index (χ1v) is 7.46. The van der Waals surface area contributed by atoms with Gasteiger partial charge >= 0.3 is 6.01 Å². The molecule has 1 saturated heterocycles. The van der Waals surface area contributed by atoms with Gasteiger partial charge in [0, 0.05) is 13.1 Å². The second-order valence-corrected chi connectivity index (χ2v) is 5.13. The fraction of sp³-hybridized carbons (Fsp3) is 0.769. The lowest BCUT2D eigenvalue weighted by Crippen LogP contribution is -2.29. The van der Waals surface area contributed by atoms with Crippen LogP contribution in [0.2, 0.25) is 5.28 Å². The molecule has 1 aliphatic rings. The Hall–Kier alpha value is -1.10. The highest BCUT2D eigenvalue weighted by atomic mass is 35.5. The number of halogens is 1.